The lowest BCUT2D eigenvalue weighted by molar-refractivity contribution is -0.376. The zero-order valence-corrected chi connectivity index (χ0v) is 11.0. The van der Waals surface area contributed by atoms with Crippen LogP contribution in [-0.2, 0) is 10.4 Å². The van der Waals surface area contributed by atoms with Crippen molar-refractivity contribution in [2.24, 2.45) is 0 Å². The highest BCUT2D eigenvalue weighted by atomic mass is 19.4. The maximum absolute atomic E-state index is 12.8. The smallest absolute Gasteiger partial charge is 0.427 e. The molecule has 0 fully saturated rings. The largest absolute Gasteiger partial charge is 0.430 e. The molecule has 0 saturated carbocycles. The van der Waals surface area contributed by atoms with E-state index in [0.717, 1.165) is 13.0 Å². The SMILES string of the molecule is C=Cc1cc(OC(C)=O)ccc1C(O)(C(F)(F)F)C(F)(F)F. The first-order valence-corrected chi connectivity index (χ1v) is 5.65. The van der Waals surface area contributed by atoms with Crippen molar-refractivity contribution in [3.05, 3.63) is 35.9 Å². The van der Waals surface area contributed by atoms with Crippen molar-refractivity contribution in [3.63, 3.8) is 0 Å². The fourth-order valence-electron chi connectivity index (χ4n) is 1.73. The molecule has 0 unspecified atom stereocenters. The van der Waals surface area contributed by atoms with E-state index >= 15 is 0 Å². The van der Waals surface area contributed by atoms with Gasteiger partial charge in [-0.15, -0.1) is 0 Å². The summed E-state index contributed by atoms with van der Waals surface area (Å²) in [5.41, 5.74) is -7.20. The van der Waals surface area contributed by atoms with Crippen LogP contribution in [0.4, 0.5) is 26.3 Å². The monoisotopic (exact) mass is 328 g/mol. The highest BCUT2D eigenvalue weighted by Crippen LogP contribution is 2.51. The highest BCUT2D eigenvalue weighted by Gasteiger charge is 2.71. The fraction of sp³-hybridized carbons (Fsp3) is 0.308. The summed E-state index contributed by atoms with van der Waals surface area (Å²) >= 11 is 0. The third kappa shape index (κ3) is 3.08. The minimum Gasteiger partial charge on any atom is -0.427 e. The summed E-state index contributed by atoms with van der Waals surface area (Å²) in [5.74, 6) is -1.09. The molecule has 0 saturated heterocycles. The molecule has 0 atom stereocenters. The predicted octanol–water partition coefficient (Wildman–Crippen LogP) is 3.57. The maximum Gasteiger partial charge on any atom is 0.430 e. The van der Waals surface area contributed by atoms with Crippen molar-refractivity contribution in [1.29, 1.82) is 0 Å². The summed E-state index contributed by atoms with van der Waals surface area (Å²) in [7, 11) is 0. The van der Waals surface area contributed by atoms with E-state index in [9.17, 15) is 36.2 Å². The van der Waals surface area contributed by atoms with Gasteiger partial charge in [-0.25, -0.2) is 0 Å². The Hall–Kier alpha value is -2.03. The molecule has 0 heterocycles. The third-order valence-corrected chi connectivity index (χ3v) is 2.71. The first-order chi connectivity index (χ1) is 9.84. The van der Waals surface area contributed by atoms with Crippen LogP contribution in [0, 0.1) is 0 Å². The summed E-state index contributed by atoms with van der Waals surface area (Å²) in [5, 5.41) is 9.33. The van der Waals surface area contributed by atoms with Crippen molar-refractivity contribution >= 4 is 12.0 Å². The highest BCUT2D eigenvalue weighted by molar-refractivity contribution is 5.70. The van der Waals surface area contributed by atoms with Gasteiger partial charge in [0.2, 0.25) is 0 Å². The molecule has 1 aromatic rings. The van der Waals surface area contributed by atoms with Crippen LogP contribution in [0.2, 0.25) is 0 Å². The van der Waals surface area contributed by atoms with Crippen molar-refractivity contribution in [1.82, 2.24) is 0 Å². The van der Waals surface area contributed by atoms with Crippen LogP contribution in [0.25, 0.3) is 6.08 Å². The Balaban J connectivity index is 3.58. The van der Waals surface area contributed by atoms with Crippen molar-refractivity contribution in [2.45, 2.75) is 24.9 Å². The number of ether oxygens (including phenoxy) is 1. The summed E-state index contributed by atoms with van der Waals surface area (Å²) < 4.78 is 81.5. The lowest BCUT2D eigenvalue weighted by Gasteiger charge is -2.33. The molecule has 1 aromatic carbocycles. The molecule has 0 aliphatic rings. The third-order valence-electron chi connectivity index (χ3n) is 2.71. The number of carbonyl (C=O) groups excluding carboxylic acids is 1. The summed E-state index contributed by atoms with van der Waals surface area (Å²) in [6, 6.07) is 1.84. The van der Waals surface area contributed by atoms with Gasteiger partial charge in [0, 0.05) is 12.5 Å². The molecule has 0 aliphatic heterocycles. The topological polar surface area (TPSA) is 46.5 Å². The number of aliphatic hydroxyl groups is 1. The van der Waals surface area contributed by atoms with Gasteiger partial charge in [0.05, 0.1) is 0 Å². The molecular formula is C13H10F6O3. The van der Waals surface area contributed by atoms with Crippen molar-refractivity contribution in [2.75, 3.05) is 0 Å². The van der Waals surface area contributed by atoms with Gasteiger partial charge >= 0.3 is 18.3 Å². The Morgan fingerprint density at radius 2 is 1.68 bits per heavy atom. The van der Waals surface area contributed by atoms with E-state index < -0.39 is 35.0 Å². The van der Waals surface area contributed by atoms with Gasteiger partial charge in [-0.3, -0.25) is 4.79 Å². The second-order valence-corrected chi connectivity index (χ2v) is 4.25. The second kappa shape index (κ2) is 5.64. The van der Waals surface area contributed by atoms with Crippen LogP contribution in [0.1, 0.15) is 18.1 Å². The van der Waals surface area contributed by atoms with Gasteiger partial charge in [0.25, 0.3) is 5.60 Å². The number of hydrogen-bond acceptors (Lipinski definition) is 3. The van der Waals surface area contributed by atoms with Crippen molar-refractivity contribution < 1.29 is 41.0 Å². The number of esters is 1. The first kappa shape index (κ1) is 18.0. The molecule has 0 spiro atoms. The standard InChI is InChI=1S/C13H10F6O3/c1-3-8-6-9(22-7(2)20)4-5-10(8)11(21,12(14,15)16)13(17,18)19/h3-6,21H,1H2,2H3. The molecule has 1 N–H and O–H groups in total. The molecule has 9 heteroatoms. The van der Waals surface area contributed by atoms with Crippen LogP contribution in [0.3, 0.4) is 0 Å². The molecule has 3 nitrogen and oxygen atoms in total. The minimum absolute atomic E-state index is 0.280. The lowest BCUT2D eigenvalue weighted by atomic mass is 9.88. The van der Waals surface area contributed by atoms with Gasteiger partial charge < -0.3 is 9.84 Å². The Morgan fingerprint density at radius 3 is 2.05 bits per heavy atom. The number of halogens is 6. The summed E-state index contributed by atoms with van der Waals surface area (Å²) in [6.07, 6.45) is -11.3. The molecule has 0 aliphatic carbocycles. The van der Waals surface area contributed by atoms with E-state index in [2.05, 4.69) is 11.3 Å². The molecule has 0 bridgehead atoms. The van der Waals surface area contributed by atoms with Crippen LogP contribution in [0.5, 0.6) is 5.75 Å². The minimum atomic E-state index is -6.01. The van der Waals surface area contributed by atoms with E-state index in [4.69, 9.17) is 0 Å². The molecule has 0 aromatic heterocycles. The number of rotatable bonds is 3. The normalized spacial score (nSPS) is 12.9. The number of hydrogen-bond donors (Lipinski definition) is 1. The second-order valence-electron chi connectivity index (χ2n) is 4.25. The van der Waals surface area contributed by atoms with Crippen molar-refractivity contribution in [3.8, 4) is 5.75 Å². The van der Waals surface area contributed by atoms with Crippen LogP contribution < -0.4 is 4.74 Å². The Labute approximate surface area is 120 Å². The lowest BCUT2D eigenvalue weighted by Crippen LogP contribution is -2.54. The zero-order valence-electron chi connectivity index (χ0n) is 11.0. The van der Waals surface area contributed by atoms with Gasteiger partial charge in [0.15, 0.2) is 0 Å². The van der Waals surface area contributed by atoms with Gasteiger partial charge in [-0.05, 0) is 17.7 Å². The molecule has 22 heavy (non-hydrogen) atoms. The molecule has 1 rings (SSSR count). The van der Waals surface area contributed by atoms with E-state index in [1.807, 2.05) is 0 Å². The molecular weight excluding hydrogens is 318 g/mol. The van der Waals surface area contributed by atoms with Gasteiger partial charge in [0.1, 0.15) is 5.75 Å². The number of carbonyl (C=O) groups is 1. The van der Waals surface area contributed by atoms with E-state index in [1.165, 1.54) is 0 Å². The average molecular weight is 328 g/mol. The first-order valence-electron chi connectivity index (χ1n) is 5.65. The van der Waals surface area contributed by atoms with E-state index in [-0.39, 0.29) is 5.75 Å². The fourth-order valence-corrected chi connectivity index (χ4v) is 1.73. The average Bonchev–Trinajstić information content (AvgIpc) is 2.34. The Kier molecular flexibility index (Phi) is 4.62. The van der Waals surface area contributed by atoms with Crippen LogP contribution in [0.15, 0.2) is 24.8 Å². The van der Waals surface area contributed by atoms with E-state index in [1.54, 1.807) is 0 Å². The molecule has 0 amide bonds. The Bertz CT molecular complexity index is 574. The molecule has 122 valence electrons. The number of benzene rings is 1. The maximum atomic E-state index is 12.8. The van der Waals surface area contributed by atoms with Crippen LogP contribution >= 0.6 is 0 Å². The zero-order chi connectivity index (χ0) is 17.3. The quantitative estimate of drug-likeness (QED) is 0.524. The van der Waals surface area contributed by atoms with E-state index in [0.29, 0.717) is 18.2 Å². The van der Waals surface area contributed by atoms with Crippen LogP contribution in [-0.4, -0.2) is 23.4 Å². The Morgan fingerprint density at radius 1 is 1.18 bits per heavy atom. The predicted molar refractivity (Wildman–Crippen MR) is 63.8 cm³/mol. The number of alkyl halides is 6. The summed E-state index contributed by atoms with van der Waals surface area (Å²) in [6.45, 7) is 4.11. The van der Waals surface area contributed by atoms with Gasteiger partial charge in [-0.2, -0.15) is 26.3 Å². The summed E-state index contributed by atoms with van der Waals surface area (Å²) in [4.78, 5) is 10.8. The molecule has 0 radical (unpaired) electrons. The van der Waals surface area contributed by atoms with Gasteiger partial charge in [-0.1, -0.05) is 18.7 Å².